The van der Waals surface area contributed by atoms with Gasteiger partial charge in [-0.3, -0.25) is 4.90 Å². The monoisotopic (exact) mass is 273 g/mol. The molecule has 0 bridgehead atoms. The smallest absolute Gasteiger partial charge is 0.410 e. The summed E-state index contributed by atoms with van der Waals surface area (Å²) < 4.78 is 15.6. The van der Waals surface area contributed by atoms with Gasteiger partial charge in [0, 0.05) is 7.11 Å². The van der Waals surface area contributed by atoms with Crippen molar-refractivity contribution >= 4 is 12.1 Å². The third-order valence-corrected chi connectivity index (χ3v) is 3.16. The molecular formula is C13H23NO5. The zero-order valence-corrected chi connectivity index (χ0v) is 12.5. The molecule has 0 aliphatic carbocycles. The zero-order chi connectivity index (χ0) is 14.8. The number of likely N-dealkylation sites (tertiary alicyclic amines) is 1. The van der Waals surface area contributed by atoms with Crippen LogP contribution < -0.4 is 0 Å². The van der Waals surface area contributed by atoms with Crippen molar-refractivity contribution in [1.29, 1.82) is 0 Å². The summed E-state index contributed by atoms with van der Waals surface area (Å²) in [6.07, 6.45) is -0.447. The van der Waals surface area contributed by atoms with Crippen molar-refractivity contribution in [1.82, 2.24) is 4.90 Å². The zero-order valence-electron chi connectivity index (χ0n) is 12.5. The molecule has 0 saturated carbocycles. The van der Waals surface area contributed by atoms with E-state index in [0.717, 1.165) is 0 Å². The van der Waals surface area contributed by atoms with Gasteiger partial charge in [0.2, 0.25) is 5.60 Å². The predicted octanol–water partition coefficient (Wildman–Crippen LogP) is 1.57. The van der Waals surface area contributed by atoms with E-state index >= 15 is 0 Å². The summed E-state index contributed by atoms with van der Waals surface area (Å²) in [6, 6.07) is -0.411. The van der Waals surface area contributed by atoms with Gasteiger partial charge in [-0.15, -0.1) is 0 Å². The average Bonchev–Trinajstić information content (AvgIpc) is 2.26. The molecule has 0 aromatic carbocycles. The number of hydrogen-bond acceptors (Lipinski definition) is 5. The van der Waals surface area contributed by atoms with Crippen molar-refractivity contribution in [2.45, 2.75) is 51.9 Å². The third kappa shape index (κ3) is 3.00. The molecule has 0 radical (unpaired) electrons. The highest BCUT2D eigenvalue weighted by molar-refractivity contribution is 5.85. The van der Waals surface area contributed by atoms with Crippen LogP contribution in [0.1, 0.15) is 34.6 Å². The lowest BCUT2D eigenvalue weighted by Crippen LogP contribution is -2.74. The van der Waals surface area contributed by atoms with Gasteiger partial charge in [0.1, 0.15) is 5.60 Å². The molecular weight excluding hydrogens is 250 g/mol. The van der Waals surface area contributed by atoms with Crippen molar-refractivity contribution < 1.29 is 23.8 Å². The number of ether oxygens (including phenoxy) is 3. The van der Waals surface area contributed by atoms with Crippen LogP contribution in [0.4, 0.5) is 4.79 Å². The van der Waals surface area contributed by atoms with Crippen molar-refractivity contribution in [2.75, 3.05) is 20.3 Å². The number of methoxy groups -OCH3 is 1. The summed E-state index contributed by atoms with van der Waals surface area (Å²) in [7, 11) is 1.44. The third-order valence-electron chi connectivity index (χ3n) is 3.16. The lowest BCUT2D eigenvalue weighted by Gasteiger charge is -2.52. The summed E-state index contributed by atoms with van der Waals surface area (Å²) in [4.78, 5) is 25.3. The maximum atomic E-state index is 11.9. The topological polar surface area (TPSA) is 65.1 Å². The fourth-order valence-electron chi connectivity index (χ4n) is 2.01. The largest absolute Gasteiger partial charge is 0.464 e. The van der Waals surface area contributed by atoms with E-state index in [1.165, 1.54) is 12.0 Å². The fourth-order valence-corrected chi connectivity index (χ4v) is 2.01. The Morgan fingerprint density at radius 2 is 1.95 bits per heavy atom. The highest BCUT2D eigenvalue weighted by Gasteiger charge is 2.60. The van der Waals surface area contributed by atoms with Gasteiger partial charge in [-0.05, 0) is 34.6 Å². The minimum Gasteiger partial charge on any atom is -0.464 e. The van der Waals surface area contributed by atoms with Crippen LogP contribution in [0.3, 0.4) is 0 Å². The molecule has 0 aromatic rings. The molecule has 2 atom stereocenters. The van der Waals surface area contributed by atoms with Gasteiger partial charge >= 0.3 is 12.1 Å². The van der Waals surface area contributed by atoms with Gasteiger partial charge in [-0.25, -0.2) is 9.59 Å². The summed E-state index contributed by atoms with van der Waals surface area (Å²) in [5.41, 5.74) is -1.64. The molecule has 1 heterocycles. The van der Waals surface area contributed by atoms with Gasteiger partial charge in [-0.1, -0.05) is 0 Å². The minimum absolute atomic E-state index is 0.151. The van der Waals surface area contributed by atoms with Gasteiger partial charge in [-0.2, -0.15) is 0 Å². The van der Waals surface area contributed by atoms with Crippen LogP contribution in [0.15, 0.2) is 0 Å². The standard InChI is InChI=1S/C13H23NO5/c1-7-18-10(15)13(17-6)8-14(9(13)2)11(16)19-12(3,4)5/h9H,7-8H2,1-6H3/t9-,13?/m0/s1. The molecule has 1 saturated heterocycles. The van der Waals surface area contributed by atoms with E-state index in [1.807, 2.05) is 0 Å². The summed E-state index contributed by atoms with van der Waals surface area (Å²) >= 11 is 0. The van der Waals surface area contributed by atoms with Gasteiger partial charge in [0.25, 0.3) is 0 Å². The minimum atomic E-state index is -1.08. The molecule has 1 aliphatic rings. The summed E-state index contributed by atoms with van der Waals surface area (Å²) in [6.45, 7) is 9.30. The summed E-state index contributed by atoms with van der Waals surface area (Å²) in [5.74, 6) is -0.440. The molecule has 19 heavy (non-hydrogen) atoms. The molecule has 110 valence electrons. The Bertz CT molecular complexity index is 363. The van der Waals surface area contributed by atoms with Crippen molar-refractivity contribution in [3.05, 3.63) is 0 Å². The van der Waals surface area contributed by atoms with Crippen LogP contribution in [-0.2, 0) is 19.0 Å². The van der Waals surface area contributed by atoms with Crippen LogP contribution in [0.2, 0.25) is 0 Å². The Balaban J connectivity index is 2.72. The van der Waals surface area contributed by atoms with Crippen LogP contribution in [0.5, 0.6) is 0 Å². The Morgan fingerprint density at radius 3 is 2.32 bits per heavy atom. The Morgan fingerprint density at radius 1 is 1.37 bits per heavy atom. The molecule has 1 aliphatic heterocycles. The number of esters is 1. The molecule has 0 aromatic heterocycles. The second kappa shape index (κ2) is 5.36. The van der Waals surface area contributed by atoms with Gasteiger partial charge in [0.15, 0.2) is 0 Å². The molecule has 0 spiro atoms. The van der Waals surface area contributed by atoms with Crippen LogP contribution in [0, 0.1) is 0 Å². The molecule has 6 nitrogen and oxygen atoms in total. The average molecular weight is 273 g/mol. The number of carbonyl (C=O) groups excluding carboxylic acids is 2. The van der Waals surface area contributed by atoms with E-state index in [-0.39, 0.29) is 13.2 Å². The highest BCUT2D eigenvalue weighted by atomic mass is 16.6. The Hall–Kier alpha value is -1.30. The first-order chi connectivity index (χ1) is 8.68. The number of rotatable bonds is 3. The van der Waals surface area contributed by atoms with Crippen molar-refractivity contribution in [2.24, 2.45) is 0 Å². The van der Waals surface area contributed by atoms with Gasteiger partial charge in [0.05, 0.1) is 19.2 Å². The molecule has 1 amide bonds. The van der Waals surface area contributed by atoms with E-state index in [1.54, 1.807) is 34.6 Å². The first kappa shape index (κ1) is 15.8. The second-order valence-electron chi connectivity index (χ2n) is 5.60. The number of hydrogen-bond donors (Lipinski definition) is 0. The first-order valence-electron chi connectivity index (χ1n) is 6.40. The van der Waals surface area contributed by atoms with Crippen LogP contribution in [-0.4, -0.2) is 54.5 Å². The number of amides is 1. The predicted molar refractivity (Wildman–Crippen MR) is 68.8 cm³/mol. The number of carbonyl (C=O) groups is 2. The van der Waals surface area contributed by atoms with Crippen LogP contribution >= 0.6 is 0 Å². The quantitative estimate of drug-likeness (QED) is 0.730. The first-order valence-corrected chi connectivity index (χ1v) is 6.40. The maximum Gasteiger partial charge on any atom is 0.410 e. The maximum absolute atomic E-state index is 11.9. The van der Waals surface area contributed by atoms with E-state index in [4.69, 9.17) is 14.2 Å². The lowest BCUT2D eigenvalue weighted by molar-refractivity contribution is -0.202. The fraction of sp³-hybridized carbons (Fsp3) is 0.846. The number of nitrogens with zero attached hydrogens (tertiary/aromatic N) is 1. The van der Waals surface area contributed by atoms with E-state index < -0.39 is 29.3 Å². The Kier molecular flexibility index (Phi) is 4.45. The van der Waals surface area contributed by atoms with Crippen molar-refractivity contribution in [3.63, 3.8) is 0 Å². The SMILES string of the molecule is CCOC(=O)C1(OC)CN(C(=O)OC(C)(C)C)[C@H]1C. The molecule has 0 N–H and O–H groups in total. The molecule has 1 fully saturated rings. The van der Waals surface area contributed by atoms with Gasteiger partial charge < -0.3 is 14.2 Å². The molecule has 1 rings (SSSR count). The van der Waals surface area contributed by atoms with Crippen LogP contribution in [0.25, 0.3) is 0 Å². The second-order valence-corrected chi connectivity index (χ2v) is 5.60. The highest BCUT2D eigenvalue weighted by Crippen LogP contribution is 2.34. The molecule has 1 unspecified atom stereocenters. The lowest BCUT2D eigenvalue weighted by atomic mass is 9.84. The van der Waals surface area contributed by atoms with E-state index in [9.17, 15) is 9.59 Å². The summed E-state index contributed by atoms with van der Waals surface area (Å²) in [5, 5.41) is 0. The van der Waals surface area contributed by atoms with E-state index in [2.05, 4.69) is 0 Å². The van der Waals surface area contributed by atoms with E-state index in [0.29, 0.717) is 0 Å². The Labute approximate surface area is 114 Å². The molecule has 6 heteroatoms. The normalized spacial score (nSPS) is 26.6. The van der Waals surface area contributed by atoms with Crippen molar-refractivity contribution in [3.8, 4) is 0 Å².